The molecule has 1 saturated carbocycles. The smallest absolute Gasteiger partial charge is 0.325 e. The Hall–Kier alpha value is -3.10. The number of aromatic amines is 1. The normalized spacial score (nSPS) is 23.8. The fraction of sp³-hybridized carbons (Fsp3) is 0.417. The van der Waals surface area contributed by atoms with Crippen molar-refractivity contribution in [2.45, 2.75) is 43.5 Å². The number of imidazole rings is 1. The van der Waals surface area contributed by atoms with Gasteiger partial charge in [0.25, 0.3) is 5.91 Å². The number of H-pyrrole nitrogens is 1. The minimum atomic E-state index is -0.863. The van der Waals surface area contributed by atoms with Gasteiger partial charge in [0.15, 0.2) is 0 Å². The van der Waals surface area contributed by atoms with Gasteiger partial charge in [-0.2, -0.15) is 0 Å². The molecule has 168 valence electrons. The molecule has 1 aliphatic heterocycles. The second-order valence-corrected chi connectivity index (χ2v) is 8.85. The van der Waals surface area contributed by atoms with E-state index < -0.39 is 11.6 Å². The van der Waals surface area contributed by atoms with Crippen LogP contribution >= 0.6 is 0 Å². The molecule has 1 aromatic carbocycles. The molecule has 5 rings (SSSR count). The predicted molar refractivity (Wildman–Crippen MR) is 120 cm³/mol. The molecule has 2 aromatic heterocycles. The summed E-state index contributed by atoms with van der Waals surface area (Å²) in [5.41, 5.74) is 0.557. The number of aliphatic hydroxyl groups excluding tert-OH is 1. The molecule has 2 aliphatic rings. The van der Waals surface area contributed by atoms with Crippen molar-refractivity contribution in [2.75, 3.05) is 19.6 Å². The van der Waals surface area contributed by atoms with Gasteiger partial charge in [0.05, 0.1) is 11.6 Å². The first-order valence-corrected chi connectivity index (χ1v) is 11.3. The number of aromatic nitrogens is 3. The van der Waals surface area contributed by atoms with Crippen molar-refractivity contribution < 1.29 is 9.90 Å². The lowest BCUT2D eigenvalue weighted by Gasteiger charge is -2.46. The molecule has 0 bridgehead atoms. The van der Waals surface area contributed by atoms with Gasteiger partial charge in [-0.3, -0.25) is 14.3 Å². The van der Waals surface area contributed by atoms with Crippen LogP contribution in [-0.4, -0.2) is 55.8 Å². The average molecular weight is 436 g/mol. The molecule has 8 nitrogen and oxygen atoms in total. The van der Waals surface area contributed by atoms with Crippen LogP contribution in [0.25, 0.3) is 0 Å². The third-order valence-electron chi connectivity index (χ3n) is 6.78. The Morgan fingerprint density at radius 1 is 1.12 bits per heavy atom. The van der Waals surface area contributed by atoms with E-state index in [9.17, 15) is 14.7 Å². The Bertz CT molecular complexity index is 1130. The molecule has 3 heterocycles. The number of nitrogens with one attached hydrogen (secondary N) is 2. The quantitative estimate of drug-likeness (QED) is 0.527. The average Bonchev–Trinajstić information content (AvgIpc) is 3.38. The van der Waals surface area contributed by atoms with E-state index in [1.807, 2.05) is 53.2 Å². The van der Waals surface area contributed by atoms with Crippen LogP contribution in [0.4, 0.5) is 0 Å². The minimum absolute atomic E-state index is 0.132. The van der Waals surface area contributed by atoms with E-state index in [4.69, 9.17) is 0 Å². The second-order valence-electron chi connectivity index (χ2n) is 8.85. The van der Waals surface area contributed by atoms with Gasteiger partial charge >= 0.3 is 5.69 Å². The van der Waals surface area contributed by atoms with Crippen LogP contribution in [0.3, 0.4) is 0 Å². The lowest BCUT2D eigenvalue weighted by Crippen LogP contribution is -2.62. The first kappa shape index (κ1) is 20.8. The zero-order valence-electron chi connectivity index (χ0n) is 18.0. The third kappa shape index (κ3) is 3.91. The summed E-state index contributed by atoms with van der Waals surface area (Å²) in [7, 11) is 0. The van der Waals surface area contributed by atoms with Gasteiger partial charge in [0.1, 0.15) is 5.69 Å². The van der Waals surface area contributed by atoms with Crippen LogP contribution in [0.1, 0.15) is 41.4 Å². The van der Waals surface area contributed by atoms with Gasteiger partial charge in [0.2, 0.25) is 0 Å². The van der Waals surface area contributed by atoms with Gasteiger partial charge in [-0.15, -0.1) is 0 Å². The number of rotatable bonds is 7. The lowest BCUT2D eigenvalue weighted by molar-refractivity contribution is -0.0165. The number of aliphatic hydroxyl groups is 1. The lowest BCUT2D eigenvalue weighted by atomic mass is 9.78. The number of β-amino-alcohol motifs (C(OH)–C–C–N with tert-alkyl or cyclic N) is 1. The molecule has 1 saturated heterocycles. The van der Waals surface area contributed by atoms with E-state index in [0.29, 0.717) is 44.3 Å². The molecule has 2 atom stereocenters. The summed E-state index contributed by atoms with van der Waals surface area (Å²) in [6, 6.07) is 13.9. The van der Waals surface area contributed by atoms with E-state index >= 15 is 0 Å². The Balaban J connectivity index is 1.35. The Morgan fingerprint density at radius 2 is 1.94 bits per heavy atom. The highest BCUT2D eigenvalue weighted by atomic mass is 16.3. The molecule has 1 aliphatic carbocycles. The summed E-state index contributed by atoms with van der Waals surface area (Å²) in [5, 5.41) is 14.6. The van der Waals surface area contributed by atoms with Crippen LogP contribution in [0.2, 0.25) is 0 Å². The van der Waals surface area contributed by atoms with E-state index in [0.717, 1.165) is 18.4 Å². The third-order valence-corrected chi connectivity index (χ3v) is 6.78. The number of nitrogens with zero attached hydrogens (tertiary/aromatic N) is 3. The molecule has 3 aromatic rings. The van der Waals surface area contributed by atoms with Crippen LogP contribution in [0.15, 0.2) is 65.8 Å². The molecular weight excluding hydrogens is 406 g/mol. The first-order valence-electron chi connectivity index (χ1n) is 11.3. The Kier molecular flexibility index (Phi) is 5.48. The topological polar surface area (TPSA) is 95.3 Å². The number of amides is 1. The predicted octanol–water partition coefficient (Wildman–Crippen LogP) is 1.70. The maximum absolute atomic E-state index is 13.4. The first-order chi connectivity index (χ1) is 15.6. The largest absolute Gasteiger partial charge is 0.389 e. The maximum atomic E-state index is 13.4. The van der Waals surface area contributed by atoms with Crippen LogP contribution in [0.5, 0.6) is 0 Å². The zero-order valence-corrected chi connectivity index (χ0v) is 18.0. The second kappa shape index (κ2) is 8.44. The number of likely N-dealkylation sites (tertiary alicyclic amines) is 1. The maximum Gasteiger partial charge on any atom is 0.325 e. The number of benzene rings is 1. The molecule has 3 N–H and O–H groups in total. The summed E-state index contributed by atoms with van der Waals surface area (Å²) in [5.74, 6) is -0.155. The molecule has 8 heteroatoms. The van der Waals surface area contributed by atoms with Crippen LogP contribution < -0.4 is 11.0 Å². The van der Waals surface area contributed by atoms with Crippen molar-refractivity contribution in [1.29, 1.82) is 0 Å². The number of piperidine rings is 1. The summed E-state index contributed by atoms with van der Waals surface area (Å²) < 4.78 is 3.67. The Labute approximate surface area is 186 Å². The van der Waals surface area contributed by atoms with Crippen molar-refractivity contribution in [3.05, 3.63) is 82.8 Å². The highest BCUT2D eigenvalue weighted by Gasteiger charge is 2.45. The summed E-state index contributed by atoms with van der Waals surface area (Å²) in [4.78, 5) is 29.9. The SMILES string of the molecule is O=C(N[C@]1(c2ccccc2)CCN(CCn2cc[nH]c2=O)C[C@H]1O)c1cccn1C1CC1. The number of carbonyl (C=O) groups excluding carboxylic acids is 1. The molecular formula is C24H29N5O3. The zero-order chi connectivity index (χ0) is 22.1. The molecule has 32 heavy (non-hydrogen) atoms. The molecule has 0 radical (unpaired) electrons. The highest BCUT2D eigenvalue weighted by Crippen LogP contribution is 2.37. The van der Waals surface area contributed by atoms with Crippen molar-refractivity contribution in [3.63, 3.8) is 0 Å². The van der Waals surface area contributed by atoms with Crippen molar-refractivity contribution in [2.24, 2.45) is 0 Å². The fourth-order valence-electron chi connectivity index (χ4n) is 4.78. The highest BCUT2D eigenvalue weighted by molar-refractivity contribution is 5.93. The van der Waals surface area contributed by atoms with Gasteiger partial charge in [-0.1, -0.05) is 30.3 Å². The number of carbonyl (C=O) groups is 1. The van der Waals surface area contributed by atoms with Gasteiger partial charge < -0.3 is 20.0 Å². The van der Waals surface area contributed by atoms with Crippen LogP contribution in [-0.2, 0) is 12.1 Å². The van der Waals surface area contributed by atoms with E-state index in [1.54, 1.807) is 17.0 Å². The van der Waals surface area contributed by atoms with Gasteiger partial charge in [-0.05, 0) is 37.0 Å². The number of hydrogen-bond acceptors (Lipinski definition) is 4. The standard InChI is InChI=1S/C24H29N5O3/c30-21-17-27(15-16-28-14-11-25-23(28)32)13-10-24(21,18-5-2-1-3-6-18)26-22(31)20-7-4-12-29(20)19-8-9-19/h1-7,11-12,14,19,21,30H,8-10,13,15-17H2,(H,25,32)(H,26,31)/t21-,24+/m1/s1. The van der Waals surface area contributed by atoms with E-state index in [1.165, 1.54) is 0 Å². The van der Waals surface area contributed by atoms with Crippen molar-refractivity contribution >= 4 is 5.91 Å². The molecule has 1 amide bonds. The van der Waals surface area contributed by atoms with E-state index in [-0.39, 0.29) is 11.6 Å². The summed E-state index contributed by atoms with van der Waals surface area (Å²) in [6.45, 7) is 2.32. The fourth-order valence-corrected chi connectivity index (χ4v) is 4.78. The summed E-state index contributed by atoms with van der Waals surface area (Å²) >= 11 is 0. The van der Waals surface area contributed by atoms with Gasteiger partial charge in [-0.25, -0.2) is 4.79 Å². The van der Waals surface area contributed by atoms with E-state index in [2.05, 4.69) is 15.2 Å². The number of hydrogen-bond donors (Lipinski definition) is 3. The minimum Gasteiger partial charge on any atom is -0.389 e. The van der Waals surface area contributed by atoms with Gasteiger partial charge in [0, 0.05) is 50.8 Å². The molecule has 0 unspecified atom stereocenters. The molecule has 0 spiro atoms. The molecule has 2 fully saturated rings. The summed E-state index contributed by atoms with van der Waals surface area (Å²) in [6.07, 6.45) is 7.31. The monoisotopic (exact) mass is 435 g/mol. The Morgan fingerprint density at radius 3 is 2.62 bits per heavy atom. The van der Waals surface area contributed by atoms with Crippen molar-refractivity contribution in [3.8, 4) is 0 Å². The van der Waals surface area contributed by atoms with Crippen LogP contribution in [0, 0.1) is 0 Å². The van der Waals surface area contributed by atoms with Crippen molar-refractivity contribution in [1.82, 2.24) is 24.3 Å².